The van der Waals surface area contributed by atoms with Crippen molar-refractivity contribution in [2.75, 3.05) is 6.54 Å². The fraction of sp³-hybridized carbons (Fsp3) is 0.667. The Kier molecular flexibility index (Phi) is 3.29. The van der Waals surface area contributed by atoms with Crippen LogP contribution in [0, 0.1) is 11.8 Å². The highest BCUT2D eigenvalue weighted by Crippen LogP contribution is 2.42. The zero-order chi connectivity index (χ0) is 13.5. The zero-order valence-corrected chi connectivity index (χ0v) is 12.6. The average molecular weight is 277 g/mol. The summed E-state index contributed by atoms with van der Waals surface area (Å²) in [5.74, 6) is 2.29. The van der Waals surface area contributed by atoms with E-state index in [1.54, 1.807) is 0 Å². The van der Waals surface area contributed by atoms with Gasteiger partial charge in [-0.05, 0) is 42.5 Å². The summed E-state index contributed by atoms with van der Waals surface area (Å²) in [5, 5.41) is 2.14. The molecule has 19 heavy (non-hydrogen) atoms. The quantitative estimate of drug-likeness (QED) is 0.902. The van der Waals surface area contributed by atoms with Gasteiger partial charge in [0.15, 0.2) is 5.96 Å². The molecular weight excluding hydrogens is 254 g/mol. The Labute approximate surface area is 119 Å². The molecule has 4 heteroatoms. The van der Waals surface area contributed by atoms with Crippen molar-refractivity contribution in [3.8, 4) is 0 Å². The van der Waals surface area contributed by atoms with Gasteiger partial charge in [0, 0.05) is 4.88 Å². The molecule has 1 aromatic rings. The monoisotopic (exact) mass is 277 g/mol. The van der Waals surface area contributed by atoms with Gasteiger partial charge < -0.3 is 10.6 Å². The summed E-state index contributed by atoms with van der Waals surface area (Å²) in [6, 6.07) is 4.31. The summed E-state index contributed by atoms with van der Waals surface area (Å²) >= 11 is 1.81. The van der Waals surface area contributed by atoms with Crippen LogP contribution in [0.4, 0.5) is 0 Å². The van der Waals surface area contributed by atoms with E-state index in [1.807, 2.05) is 11.3 Å². The molecule has 3 nitrogen and oxygen atoms in total. The highest BCUT2D eigenvalue weighted by Gasteiger charge is 2.46. The Hall–Kier alpha value is -1.03. The Bertz CT molecular complexity index is 456. The molecule has 3 rings (SSSR count). The van der Waals surface area contributed by atoms with E-state index in [2.05, 4.69) is 41.3 Å². The Morgan fingerprint density at radius 1 is 1.42 bits per heavy atom. The molecule has 1 saturated carbocycles. The van der Waals surface area contributed by atoms with Gasteiger partial charge in [-0.2, -0.15) is 0 Å². The van der Waals surface area contributed by atoms with Gasteiger partial charge in [-0.3, -0.25) is 4.99 Å². The van der Waals surface area contributed by atoms with Gasteiger partial charge in [-0.25, -0.2) is 0 Å². The first kappa shape index (κ1) is 13.0. The molecule has 0 radical (unpaired) electrons. The lowest BCUT2D eigenvalue weighted by molar-refractivity contribution is 0.0796. The molecule has 1 spiro atoms. The second-order valence-electron chi connectivity index (χ2n) is 6.42. The van der Waals surface area contributed by atoms with Crippen molar-refractivity contribution in [2.24, 2.45) is 22.6 Å². The van der Waals surface area contributed by atoms with E-state index in [-0.39, 0.29) is 5.54 Å². The molecule has 2 unspecified atom stereocenters. The maximum absolute atomic E-state index is 6.17. The van der Waals surface area contributed by atoms with E-state index in [4.69, 9.17) is 5.73 Å². The van der Waals surface area contributed by atoms with Crippen molar-refractivity contribution in [3.63, 3.8) is 0 Å². The lowest BCUT2D eigenvalue weighted by Crippen LogP contribution is -2.54. The molecule has 2 heterocycles. The Morgan fingerprint density at radius 3 is 2.79 bits per heavy atom. The van der Waals surface area contributed by atoms with Crippen LogP contribution < -0.4 is 5.73 Å². The topological polar surface area (TPSA) is 41.6 Å². The first-order chi connectivity index (χ1) is 9.09. The van der Waals surface area contributed by atoms with E-state index in [9.17, 15) is 0 Å². The summed E-state index contributed by atoms with van der Waals surface area (Å²) in [7, 11) is 0. The van der Waals surface area contributed by atoms with E-state index >= 15 is 0 Å². The van der Waals surface area contributed by atoms with Crippen LogP contribution in [0.25, 0.3) is 0 Å². The molecule has 1 aliphatic carbocycles. The second kappa shape index (κ2) is 4.82. The molecule has 0 bridgehead atoms. The Morgan fingerprint density at radius 2 is 2.16 bits per heavy atom. The second-order valence-corrected chi connectivity index (χ2v) is 7.45. The molecule has 1 aliphatic heterocycles. The van der Waals surface area contributed by atoms with Gasteiger partial charge in [0.1, 0.15) is 0 Å². The Balaban J connectivity index is 1.84. The summed E-state index contributed by atoms with van der Waals surface area (Å²) < 4.78 is 0. The SMILES string of the molecule is CC1CC(C)CC2(CN=C(N)N2Cc2cccs2)C1. The van der Waals surface area contributed by atoms with Crippen LogP contribution in [0.3, 0.4) is 0 Å². The molecule has 0 amide bonds. The van der Waals surface area contributed by atoms with Crippen molar-refractivity contribution in [3.05, 3.63) is 22.4 Å². The molecule has 2 atom stereocenters. The lowest BCUT2D eigenvalue weighted by Gasteiger charge is -2.46. The largest absolute Gasteiger partial charge is 0.370 e. The van der Waals surface area contributed by atoms with Gasteiger partial charge in [0.2, 0.25) is 0 Å². The van der Waals surface area contributed by atoms with Crippen LogP contribution in [0.5, 0.6) is 0 Å². The minimum atomic E-state index is 0.186. The third-order valence-corrected chi connectivity index (χ3v) is 5.40. The van der Waals surface area contributed by atoms with Crippen molar-refractivity contribution in [1.29, 1.82) is 0 Å². The number of nitrogens with zero attached hydrogens (tertiary/aromatic N) is 2. The number of hydrogen-bond acceptors (Lipinski definition) is 4. The molecule has 104 valence electrons. The highest BCUT2D eigenvalue weighted by atomic mass is 32.1. The molecular formula is C15H23N3S. The predicted octanol–water partition coefficient (Wildman–Crippen LogP) is 3.07. The molecule has 2 aliphatic rings. The first-order valence-electron chi connectivity index (χ1n) is 7.19. The zero-order valence-electron chi connectivity index (χ0n) is 11.8. The minimum absolute atomic E-state index is 0.186. The van der Waals surface area contributed by atoms with Crippen LogP contribution in [0.2, 0.25) is 0 Å². The normalized spacial score (nSPS) is 34.8. The number of thiophene rings is 1. The molecule has 2 N–H and O–H groups in total. The lowest BCUT2D eigenvalue weighted by atomic mass is 9.71. The fourth-order valence-corrected chi connectivity index (χ4v) is 4.73. The van der Waals surface area contributed by atoms with Gasteiger partial charge in [-0.1, -0.05) is 19.9 Å². The summed E-state index contributed by atoms with van der Waals surface area (Å²) in [5.41, 5.74) is 6.36. The fourth-order valence-electron chi connectivity index (χ4n) is 4.03. The predicted molar refractivity (Wildman–Crippen MR) is 81.3 cm³/mol. The van der Waals surface area contributed by atoms with Crippen molar-refractivity contribution >= 4 is 17.3 Å². The van der Waals surface area contributed by atoms with E-state index in [1.165, 1.54) is 24.1 Å². The minimum Gasteiger partial charge on any atom is -0.370 e. The maximum Gasteiger partial charge on any atom is 0.192 e. The first-order valence-corrected chi connectivity index (χ1v) is 8.07. The van der Waals surface area contributed by atoms with E-state index in [0.29, 0.717) is 0 Å². The molecule has 1 aromatic heterocycles. The van der Waals surface area contributed by atoms with Crippen LogP contribution in [0.1, 0.15) is 38.0 Å². The smallest absolute Gasteiger partial charge is 0.192 e. The van der Waals surface area contributed by atoms with Crippen molar-refractivity contribution in [2.45, 2.75) is 45.2 Å². The summed E-state index contributed by atoms with van der Waals surface area (Å²) in [6.07, 6.45) is 3.80. The van der Waals surface area contributed by atoms with E-state index in [0.717, 1.165) is 30.9 Å². The maximum atomic E-state index is 6.17. The summed E-state index contributed by atoms with van der Waals surface area (Å²) in [4.78, 5) is 8.33. The van der Waals surface area contributed by atoms with Crippen LogP contribution >= 0.6 is 11.3 Å². The standard InChI is InChI=1S/C15H23N3S/c1-11-6-12(2)8-15(7-11)10-17-14(16)18(15)9-13-4-3-5-19-13/h3-5,11-12H,6-10H2,1-2H3,(H2,16,17). The molecule has 0 saturated heterocycles. The van der Waals surface area contributed by atoms with E-state index < -0.39 is 0 Å². The number of aliphatic imine (C=N–C) groups is 1. The van der Waals surface area contributed by atoms with Gasteiger partial charge in [0.25, 0.3) is 0 Å². The van der Waals surface area contributed by atoms with Crippen molar-refractivity contribution < 1.29 is 0 Å². The van der Waals surface area contributed by atoms with Gasteiger partial charge in [0.05, 0.1) is 18.6 Å². The van der Waals surface area contributed by atoms with Crippen LogP contribution in [-0.2, 0) is 6.54 Å². The molecule has 1 fully saturated rings. The van der Waals surface area contributed by atoms with Crippen molar-refractivity contribution in [1.82, 2.24) is 4.90 Å². The van der Waals surface area contributed by atoms with Gasteiger partial charge in [-0.15, -0.1) is 11.3 Å². The molecule has 0 aromatic carbocycles. The third kappa shape index (κ3) is 2.38. The number of rotatable bonds is 2. The van der Waals surface area contributed by atoms with Crippen LogP contribution in [-0.4, -0.2) is 22.9 Å². The third-order valence-electron chi connectivity index (χ3n) is 4.54. The van der Waals surface area contributed by atoms with Gasteiger partial charge >= 0.3 is 0 Å². The average Bonchev–Trinajstić information content (AvgIpc) is 2.93. The number of hydrogen-bond donors (Lipinski definition) is 1. The summed E-state index contributed by atoms with van der Waals surface area (Å²) in [6.45, 7) is 6.55. The number of guanidine groups is 1. The van der Waals surface area contributed by atoms with Crippen LogP contribution in [0.15, 0.2) is 22.5 Å². The highest BCUT2D eigenvalue weighted by molar-refractivity contribution is 7.09. The number of nitrogens with two attached hydrogens (primary N) is 1.